The molecule has 0 bridgehead atoms. The minimum Gasteiger partial charge on any atom is -0.313 e. The van der Waals surface area contributed by atoms with Crippen LogP contribution in [0.2, 0.25) is 0 Å². The van der Waals surface area contributed by atoms with Crippen LogP contribution in [0.25, 0.3) is 0 Å². The Bertz CT molecular complexity index is 383. The van der Waals surface area contributed by atoms with Crippen LogP contribution in [0.4, 0.5) is 4.39 Å². The van der Waals surface area contributed by atoms with E-state index in [2.05, 4.69) is 5.32 Å². The highest BCUT2D eigenvalue weighted by atomic mass is 19.1. The molecule has 0 aromatic heterocycles. The van der Waals surface area contributed by atoms with Crippen LogP contribution in [-0.4, -0.2) is 7.05 Å². The van der Waals surface area contributed by atoms with Crippen molar-refractivity contribution >= 4 is 0 Å². The van der Waals surface area contributed by atoms with Crippen LogP contribution in [-0.2, 0) is 0 Å². The predicted octanol–water partition coefficient (Wildman–Crippen LogP) is 4.37. The average molecular weight is 249 g/mol. The van der Waals surface area contributed by atoms with Crippen LogP contribution in [0.3, 0.4) is 0 Å². The van der Waals surface area contributed by atoms with E-state index in [9.17, 15) is 4.39 Å². The van der Waals surface area contributed by atoms with Gasteiger partial charge in [-0.25, -0.2) is 4.39 Å². The largest absolute Gasteiger partial charge is 0.313 e. The molecule has 2 heteroatoms. The van der Waals surface area contributed by atoms with Crippen LogP contribution < -0.4 is 5.32 Å². The molecule has 0 radical (unpaired) electrons. The summed E-state index contributed by atoms with van der Waals surface area (Å²) in [6.45, 7) is 2.02. The van der Waals surface area contributed by atoms with Crippen molar-refractivity contribution in [2.24, 2.45) is 5.92 Å². The molecular formula is C16H24FN. The fourth-order valence-corrected chi connectivity index (χ4v) is 3.09. The van der Waals surface area contributed by atoms with Crippen molar-refractivity contribution in [1.82, 2.24) is 5.32 Å². The number of hydrogen-bond donors (Lipinski definition) is 1. The first-order chi connectivity index (χ1) is 8.70. The molecule has 1 unspecified atom stereocenters. The fourth-order valence-electron chi connectivity index (χ4n) is 3.09. The first kappa shape index (κ1) is 13.5. The van der Waals surface area contributed by atoms with E-state index in [4.69, 9.17) is 0 Å². The number of nitrogens with one attached hydrogen (secondary N) is 1. The smallest absolute Gasteiger partial charge is 0.127 e. The number of aryl methyl sites for hydroxylation is 1. The van der Waals surface area contributed by atoms with E-state index in [1.807, 2.05) is 26.1 Å². The third-order valence-electron chi connectivity index (χ3n) is 4.21. The highest BCUT2D eigenvalue weighted by Gasteiger charge is 2.19. The predicted molar refractivity (Wildman–Crippen MR) is 74.1 cm³/mol. The summed E-state index contributed by atoms with van der Waals surface area (Å²) in [4.78, 5) is 0. The Morgan fingerprint density at radius 2 is 2.06 bits per heavy atom. The second-order valence-electron chi connectivity index (χ2n) is 5.59. The summed E-state index contributed by atoms with van der Waals surface area (Å²) < 4.78 is 13.9. The fraction of sp³-hybridized carbons (Fsp3) is 0.625. The zero-order chi connectivity index (χ0) is 13.0. The van der Waals surface area contributed by atoms with Crippen molar-refractivity contribution < 1.29 is 4.39 Å². The molecule has 1 saturated carbocycles. The lowest BCUT2D eigenvalue weighted by Crippen LogP contribution is -2.18. The van der Waals surface area contributed by atoms with Crippen molar-refractivity contribution in [2.75, 3.05) is 7.05 Å². The second kappa shape index (κ2) is 6.33. The van der Waals surface area contributed by atoms with Crippen LogP contribution in [0.15, 0.2) is 18.2 Å². The quantitative estimate of drug-likeness (QED) is 0.817. The molecule has 18 heavy (non-hydrogen) atoms. The van der Waals surface area contributed by atoms with Crippen molar-refractivity contribution in [2.45, 2.75) is 51.5 Å². The number of rotatable bonds is 5. The molecular weight excluding hydrogens is 225 g/mol. The summed E-state index contributed by atoms with van der Waals surface area (Å²) in [5.74, 6) is 0.792. The molecule has 1 aliphatic rings. The van der Waals surface area contributed by atoms with Gasteiger partial charge in [0, 0.05) is 11.6 Å². The van der Waals surface area contributed by atoms with Crippen LogP contribution in [0.1, 0.15) is 55.7 Å². The maximum Gasteiger partial charge on any atom is 0.127 e. The van der Waals surface area contributed by atoms with E-state index in [-0.39, 0.29) is 11.9 Å². The number of halogens is 1. The average Bonchev–Trinajstić information content (AvgIpc) is 2.87. The van der Waals surface area contributed by atoms with E-state index < -0.39 is 0 Å². The molecule has 1 nitrogen and oxygen atoms in total. The summed E-state index contributed by atoms with van der Waals surface area (Å²) in [6, 6.07) is 5.56. The molecule has 1 aromatic rings. The SMILES string of the molecule is CNC(CCC1CCCC1)c1cc(C)ccc1F. The molecule has 0 heterocycles. The van der Waals surface area contributed by atoms with Gasteiger partial charge in [-0.2, -0.15) is 0 Å². The molecule has 1 N–H and O–H groups in total. The van der Waals surface area contributed by atoms with Gasteiger partial charge in [0.05, 0.1) is 0 Å². The summed E-state index contributed by atoms with van der Waals surface area (Å²) in [6.07, 6.45) is 7.77. The van der Waals surface area contributed by atoms with Crippen LogP contribution in [0.5, 0.6) is 0 Å². The van der Waals surface area contributed by atoms with Gasteiger partial charge in [0.1, 0.15) is 5.82 Å². The Hall–Kier alpha value is -0.890. The van der Waals surface area contributed by atoms with Gasteiger partial charge in [-0.3, -0.25) is 0 Å². The van der Waals surface area contributed by atoms with E-state index in [1.165, 1.54) is 32.1 Å². The van der Waals surface area contributed by atoms with E-state index >= 15 is 0 Å². The molecule has 100 valence electrons. The van der Waals surface area contributed by atoms with Crippen molar-refractivity contribution in [3.63, 3.8) is 0 Å². The Morgan fingerprint density at radius 3 is 2.72 bits per heavy atom. The molecule has 0 spiro atoms. The summed E-state index contributed by atoms with van der Waals surface area (Å²) >= 11 is 0. The third kappa shape index (κ3) is 3.32. The standard InChI is InChI=1S/C16H24FN/c1-12-7-9-15(17)14(11-12)16(18-2)10-8-13-5-3-4-6-13/h7,9,11,13,16,18H,3-6,8,10H2,1-2H3. The molecule has 0 aliphatic heterocycles. The first-order valence-electron chi connectivity index (χ1n) is 7.14. The lowest BCUT2D eigenvalue weighted by atomic mass is 9.94. The lowest BCUT2D eigenvalue weighted by Gasteiger charge is -2.20. The van der Waals surface area contributed by atoms with Gasteiger partial charge >= 0.3 is 0 Å². The van der Waals surface area contributed by atoms with Gasteiger partial charge in [0.2, 0.25) is 0 Å². The summed E-state index contributed by atoms with van der Waals surface area (Å²) in [5, 5.41) is 3.27. The zero-order valence-electron chi connectivity index (χ0n) is 11.5. The molecule has 1 atom stereocenters. The Labute approximate surface area is 110 Å². The number of hydrogen-bond acceptors (Lipinski definition) is 1. The molecule has 2 rings (SSSR count). The Balaban J connectivity index is 2.00. The second-order valence-corrected chi connectivity index (χ2v) is 5.59. The van der Waals surface area contributed by atoms with Gasteiger partial charge in [0.15, 0.2) is 0 Å². The first-order valence-corrected chi connectivity index (χ1v) is 7.14. The monoisotopic (exact) mass is 249 g/mol. The third-order valence-corrected chi connectivity index (χ3v) is 4.21. The van der Waals surface area contributed by atoms with Crippen LogP contribution in [0, 0.1) is 18.7 Å². The van der Waals surface area contributed by atoms with E-state index in [0.717, 1.165) is 23.5 Å². The van der Waals surface area contributed by atoms with Gasteiger partial charge in [0.25, 0.3) is 0 Å². The topological polar surface area (TPSA) is 12.0 Å². The normalized spacial score (nSPS) is 18.2. The Morgan fingerprint density at radius 1 is 1.33 bits per heavy atom. The molecule has 1 fully saturated rings. The molecule has 1 aliphatic carbocycles. The zero-order valence-corrected chi connectivity index (χ0v) is 11.5. The van der Waals surface area contributed by atoms with E-state index in [1.54, 1.807) is 6.07 Å². The highest BCUT2D eigenvalue weighted by molar-refractivity contribution is 5.26. The molecule has 0 amide bonds. The van der Waals surface area contributed by atoms with E-state index in [0.29, 0.717) is 0 Å². The van der Waals surface area contributed by atoms with Crippen molar-refractivity contribution in [3.8, 4) is 0 Å². The lowest BCUT2D eigenvalue weighted by molar-refractivity contribution is 0.418. The Kier molecular flexibility index (Phi) is 4.76. The van der Waals surface area contributed by atoms with Gasteiger partial charge in [-0.15, -0.1) is 0 Å². The van der Waals surface area contributed by atoms with Crippen molar-refractivity contribution in [1.29, 1.82) is 0 Å². The van der Waals surface area contributed by atoms with Crippen LogP contribution >= 0.6 is 0 Å². The summed E-state index contributed by atoms with van der Waals surface area (Å²) in [7, 11) is 1.93. The van der Waals surface area contributed by atoms with Gasteiger partial charge in [-0.1, -0.05) is 43.4 Å². The van der Waals surface area contributed by atoms with Crippen molar-refractivity contribution in [3.05, 3.63) is 35.1 Å². The maximum atomic E-state index is 13.9. The maximum absolute atomic E-state index is 13.9. The molecule has 1 aromatic carbocycles. The van der Waals surface area contributed by atoms with Gasteiger partial charge < -0.3 is 5.32 Å². The summed E-state index contributed by atoms with van der Waals surface area (Å²) in [5.41, 5.74) is 1.96. The highest BCUT2D eigenvalue weighted by Crippen LogP contribution is 2.32. The minimum absolute atomic E-state index is 0.0774. The molecule has 0 saturated heterocycles. The van der Waals surface area contributed by atoms with Gasteiger partial charge in [-0.05, 0) is 38.8 Å². The number of benzene rings is 1. The minimum atomic E-state index is -0.0774.